The fourth-order valence-electron chi connectivity index (χ4n) is 2.41. The number of rotatable bonds is 4. The zero-order chi connectivity index (χ0) is 15.3. The summed E-state index contributed by atoms with van der Waals surface area (Å²) in [6.07, 6.45) is 0.241. The van der Waals surface area contributed by atoms with Gasteiger partial charge in [-0.3, -0.25) is 0 Å². The van der Waals surface area contributed by atoms with Crippen LogP contribution in [0, 0.1) is 11.8 Å². The number of aliphatic hydroxyl groups excluding tert-OH is 3. The molecule has 6 nitrogen and oxygen atoms in total. The first kappa shape index (κ1) is 17.2. The molecule has 0 aliphatic carbocycles. The highest BCUT2D eigenvalue weighted by Gasteiger charge is 2.32. The van der Waals surface area contributed by atoms with Gasteiger partial charge < -0.3 is 25.0 Å². The fraction of sp³-hybridized carbons (Fsp3) is 0.929. The summed E-state index contributed by atoms with van der Waals surface area (Å²) in [6, 6.07) is 0. The highest BCUT2D eigenvalue weighted by Crippen LogP contribution is 2.25. The molecule has 0 aromatic heterocycles. The SMILES string of the molecule is CC(C)(C)OC(=O)N1CCC(C(O)C(CO)CO)CC1. The minimum Gasteiger partial charge on any atom is -0.444 e. The number of piperidine rings is 1. The summed E-state index contributed by atoms with van der Waals surface area (Å²) in [5.41, 5.74) is -0.508. The maximum absolute atomic E-state index is 11.9. The third-order valence-electron chi connectivity index (χ3n) is 3.63. The van der Waals surface area contributed by atoms with Gasteiger partial charge in [0.15, 0.2) is 0 Å². The van der Waals surface area contributed by atoms with Crippen LogP contribution in [0.3, 0.4) is 0 Å². The van der Waals surface area contributed by atoms with Gasteiger partial charge in [-0.15, -0.1) is 0 Å². The van der Waals surface area contributed by atoms with E-state index in [1.54, 1.807) is 4.90 Å². The van der Waals surface area contributed by atoms with Gasteiger partial charge in [-0.05, 0) is 39.5 Å². The van der Waals surface area contributed by atoms with Crippen LogP contribution in [0.4, 0.5) is 4.79 Å². The number of hydrogen-bond donors (Lipinski definition) is 3. The fourth-order valence-corrected chi connectivity index (χ4v) is 2.41. The zero-order valence-electron chi connectivity index (χ0n) is 12.6. The van der Waals surface area contributed by atoms with Crippen molar-refractivity contribution in [3.63, 3.8) is 0 Å². The minimum absolute atomic E-state index is 0.00186. The second-order valence-corrected chi connectivity index (χ2v) is 6.42. The minimum atomic E-state index is -0.731. The van der Waals surface area contributed by atoms with Crippen LogP contribution < -0.4 is 0 Å². The zero-order valence-corrected chi connectivity index (χ0v) is 12.6. The summed E-state index contributed by atoms with van der Waals surface area (Å²) in [5.74, 6) is -0.508. The highest BCUT2D eigenvalue weighted by molar-refractivity contribution is 5.68. The maximum Gasteiger partial charge on any atom is 0.410 e. The number of nitrogens with zero attached hydrogens (tertiary/aromatic N) is 1. The third-order valence-corrected chi connectivity index (χ3v) is 3.63. The molecule has 3 N–H and O–H groups in total. The van der Waals surface area contributed by atoms with Crippen LogP contribution in [0.1, 0.15) is 33.6 Å². The van der Waals surface area contributed by atoms with Gasteiger partial charge in [0.2, 0.25) is 0 Å². The third kappa shape index (κ3) is 4.92. The molecule has 1 heterocycles. The highest BCUT2D eigenvalue weighted by atomic mass is 16.6. The van der Waals surface area contributed by atoms with Crippen LogP contribution in [0.15, 0.2) is 0 Å². The summed E-state index contributed by atoms with van der Waals surface area (Å²) in [5, 5.41) is 28.3. The van der Waals surface area contributed by atoms with E-state index in [1.807, 2.05) is 20.8 Å². The standard InChI is InChI=1S/C14H27NO5/c1-14(2,3)20-13(19)15-6-4-10(5-7-15)12(18)11(8-16)9-17/h10-12,16-18H,4-9H2,1-3H3. The number of carbonyl (C=O) groups excluding carboxylic acids is 1. The van der Waals surface area contributed by atoms with Crippen molar-refractivity contribution in [3.8, 4) is 0 Å². The van der Waals surface area contributed by atoms with Gasteiger partial charge in [0.1, 0.15) is 5.60 Å². The molecule has 0 saturated carbocycles. The van der Waals surface area contributed by atoms with E-state index in [2.05, 4.69) is 0 Å². The smallest absolute Gasteiger partial charge is 0.410 e. The average molecular weight is 289 g/mol. The molecule has 1 amide bonds. The Bertz CT molecular complexity index is 303. The number of carbonyl (C=O) groups is 1. The van der Waals surface area contributed by atoms with Crippen molar-refractivity contribution < 1.29 is 24.9 Å². The Labute approximate surface area is 120 Å². The Balaban J connectivity index is 2.45. The molecule has 6 heteroatoms. The first-order valence-electron chi connectivity index (χ1n) is 7.16. The maximum atomic E-state index is 11.9. The molecule has 0 radical (unpaired) electrons. The molecule has 1 rings (SSSR count). The molecular formula is C14H27NO5. The number of likely N-dealkylation sites (tertiary alicyclic amines) is 1. The van der Waals surface area contributed by atoms with E-state index in [4.69, 9.17) is 14.9 Å². The van der Waals surface area contributed by atoms with Crippen LogP contribution in [-0.2, 0) is 4.74 Å². The lowest BCUT2D eigenvalue weighted by Crippen LogP contribution is -2.45. The molecule has 1 aliphatic heterocycles. The van der Waals surface area contributed by atoms with Crippen molar-refractivity contribution in [1.82, 2.24) is 4.90 Å². The Hall–Kier alpha value is -0.850. The van der Waals surface area contributed by atoms with Gasteiger partial charge in [-0.2, -0.15) is 0 Å². The van der Waals surface area contributed by atoms with E-state index in [-0.39, 0.29) is 25.2 Å². The van der Waals surface area contributed by atoms with E-state index >= 15 is 0 Å². The van der Waals surface area contributed by atoms with Crippen molar-refractivity contribution in [2.45, 2.75) is 45.3 Å². The Kier molecular flexibility index (Phi) is 6.23. The van der Waals surface area contributed by atoms with Crippen molar-refractivity contribution >= 4 is 6.09 Å². The normalized spacial score (nSPS) is 19.2. The first-order valence-corrected chi connectivity index (χ1v) is 7.16. The van der Waals surface area contributed by atoms with Gasteiger partial charge >= 0.3 is 6.09 Å². The van der Waals surface area contributed by atoms with E-state index in [9.17, 15) is 9.90 Å². The summed E-state index contributed by atoms with van der Waals surface area (Å²) < 4.78 is 5.31. The molecular weight excluding hydrogens is 262 g/mol. The molecule has 0 spiro atoms. The average Bonchev–Trinajstić information content (AvgIpc) is 2.38. The van der Waals surface area contributed by atoms with Crippen LogP contribution in [0.5, 0.6) is 0 Å². The molecule has 0 aromatic rings. The van der Waals surface area contributed by atoms with E-state index in [1.165, 1.54) is 0 Å². The lowest BCUT2D eigenvalue weighted by molar-refractivity contribution is -0.0281. The number of hydrogen-bond acceptors (Lipinski definition) is 5. The van der Waals surface area contributed by atoms with Gasteiger partial charge in [0, 0.05) is 19.0 Å². The molecule has 1 unspecified atom stereocenters. The largest absolute Gasteiger partial charge is 0.444 e. The summed E-state index contributed by atoms with van der Waals surface area (Å²) >= 11 is 0. The summed E-state index contributed by atoms with van der Waals surface area (Å²) in [7, 11) is 0. The van der Waals surface area contributed by atoms with E-state index in [0.717, 1.165) is 0 Å². The molecule has 118 valence electrons. The Morgan fingerprint density at radius 2 is 1.75 bits per heavy atom. The topological polar surface area (TPSA) is 90.2 Å². The van der Waals surface area contributed by atoms with Crippen LogP contribution in [0.2, 0.25) is 0 Å². The lowest BCUT2D eigenvalue weighted by Gasteiger charge is -2.36. The Morgan fingerprint density at radius 1 is 1.25 bits per heavy atom. The number of ether oxygens (including phenoxy) is 1. The molecule has 0 bridgehead atoms. The lowest BCUT2D eigenvalue weighted by atomic mass is 9.85. The monoisotopic (exact) mass is 289 g/mol. The molecule has 1 saturated heterocycles. The quantitative estimate of drug-likeness (QED) is 0.705. The van der Waals surface area contributed by atoms with E-state index in [0.29, 0.717) is 25.9 Å². The van der Waals surface area contributed by atoms with Crippen molar-refractivity contribution in [2.24, 2.45) is 11.8 Å². The van der Waals surface area contributed by atoms with Gasteiger partial charge in [-0.1, -0.05) is 0 Å². The predicted octanol–water partition coefficient (Wildman–Crippen LogP) is 0.595. The number of amides is 1. The predicted molar refractivity (Wildman–Crippen MR) is 74.2 cm³/mol. The second kappa shape index (κ2) is 7.24. The van der Waals surface area contributed by atoms with Crippen LogP contribution >= 0.6 is 0 Å². The first-order chi connectivity index (χ1) is 9.28. The van der Waals surface area contributed by atoms with Crippen molar-refractivity contribution in [1.29, 1.82) is 0 Å². The molecule has 20 heavy (non-hydrogen) atoms. The molecule has 1 fully saturated rings. The Morgan fingerprint density at radius 3 is 2.15 bits per heavy atom. The molecule has 0 aromatic carbocycles. The second-order valence-electron chi connectivity index (χ2n) is 6.42. The van der Waals surface area contributed by atoms with Gasteiger partial charge in [0.25, 0.3) is 0 Å². The number of aliphatic hydroxyl groups is 3. The van der Waals surface area contributed by atoms with Crippen LogP contribution in [-0.4, -0.2) is 64.3 Å². The van der Waals surface area contributed by atoms with Gasteiger partial charge in [0.05, 0.1) is 19.3 Å². The summed E-state index contributed by atoms with van der Waals surface area (Å²) in [6.45, 7) is 6.08. The summed E-state index contributed by atoms with van der Waals surface area (Å²) in [4.78, 5) is 13.5. The van der Waals surface area contributed by atoms with Gasteiger partial charge in [-0.25, -0.2) is 4.79 Å². The molecule has 1 atom stereocenters. The van der Waals surface area contributed by atoms with Crippen molar-refractivity contribution in [2.75, 3.05) is 26.3 Å². The van der Waals surface area contributed by atoms with E-state index < -0.39 is 17.6 Å². The van der Waals surface area contributed by atoms with Crippen molar-refractivity contribution in [3.05, 3.63) is 0 Å². The van der Waals surface area contributed by atoms with Crippen LogP contribution in [0.25, 0.3) is 0 Å². The molecule has 1 aliphatic rings.